The molecule has 1 atom stereocenters. The van der Waals surface area contributed by atoms with Crippen LogP contribution in [0.3, 0.4) is 0 Å². The number of thiophene rings is 1. The normalized spacial score (nSPS) is 13.7. The standard InChI is InChI=1S/C13H23NO4S/c1-2-13(9-15,10-16)14-6-11(17)7-18-8-12-4-3-5-19-12/h3-5,11,14-17H,2,6-10H2,1H3. The molecular weight excluding hydrogens is 266 g/mol. The molecule has 1 aromatic rings. The molecule has 0 radical (unpaired) electrons. The Bertz CT molecular complexity index is 319. The first-order valence-corrected chi connectivity index (χ1v) is 7.28. The third-order valence-corrected chi connectivity index (χ3v) is 3.98. The Morgan fingerprint density at radius 1 is 1.42 bits per heavy atom. The third-order valence-electron chi connectivity index (χ3n) is 3.13. The summed E-state index contributed by atoms with van der Waals surface area (Å²) in [5.74, 6) is 0. The molecule has 1 aromatic heterocycles. The van der Waals surface area contributed by atoms with Crippen LogP contribution in [0, 0.1) is 0 Å². The van der Waals surface area contributed by atoms with E-state index in [4.69, 9.17) is 4.74 Å². The number of hydrogen-bond donors (Lipinski definition) is 4. The lowest BCUT2D eigenvalue weighted by Crippen LogP contribution is -2.53. The van der Waals surface area contributed by atoms with Crippen molar-refractivity contribution in [3.05, 3.63) is 22.4 Å². The van der Waals surface area contributed by atoms with Gasteiger partial charge in [0.25, 0.3) is 0 Å². The Hall–Kier alpha value is -0.500. The summed E-state index contributed by atoms with van der Waals surface area (Å²) < 4.78 is 5.40. The minimum absolute atomic E-state index is 0.164. The summed E-state index contributed by atoms with van der Waals surface area (Å²) in [5, 5.41) is 33.3. The van der Waals surface area contributed by atoms with Gasteiger partial charge in [0.15, 0.2) is 0 Å². The molecule has 0 bridgehead atoms. The second kappa shape index (κ2) is 8.63. The van der Waals surface area contributed by atoms with E-state index in [2.05, 4.69) is 5.32 Å². The molecule has 0 saturated carbocycles. The lowest BCUT2D eigenvalue weighted by atomic mass is 9.98. The minimum atomic E-state index is -0.727. The SMILES string of the molecule is CCC(CO)(CO)NCC(O)COCc1cccs1. The first-order chi connectivity index (χ1) is 9.15. The van der Waals surface area contributed by atoms with Crippen LogP contribution in [0.1, 0.15) is 18.2 Å². The van der Waals surface area contributed by atoms with Crippen LogP contribution in [0.15, 0.2) is 17.5 Å². The predicted octanol–water partition coefficient (Wildman–Crippen LogP) is 0.349. The van der Waals surface area contributed by atoms with Crippen LogP contribution >= 0.6 is 11.3 Å². The molecule has 5 nitrogen and oxygen atoms in total. The van der Waals surface area contributed by atoms with E-state index in [-0.39, 0.29) is 26.4 Å². The highest BCUT2D eigenvalue weighted by Gasteiger charge is 2.26. The molecular formula is C13H23NO4S. The highest BCUT2D eigenvalue weighted by Crippen LogP contribution is 2.10. The van der Waals surface area contributed by atoms with Gasteiger partial charge in [-0.25, -0.2) is 0 Å². The van der Waals surface area contributed by atoms with Crippen molar-refractivity contribution in [2.45, 2.75) is 31.6 Å². The zero-order chi connectivity index (χ0) is 14.1. The van der Waals surface area contributed by atoms with Crippen molar-refractivity contribution in [1.82, 2.24) is 5.32 Å². The smallest absolute Gasteiger partial charge is 0.0898 e. The third kappa shape index (κ3) is 5.56. The van der Waals surface area contributed by atoms with Gasteiger partial charge in [-0.15, -0.1) is 11.3 Å². The Morgan fingerprint density at radius 2 is 2.16 bits per heavy atom. The highest BCUT2D eigenvalue weighted by molar-refractivity contribution is 7.09. The molecule has 0 amide bonds. The van der Waals surface area contributed by atoms with Crippen molar-refractivity contribution in [2.75, 3.05) is 26.4 Å². The molecule has 6 heteroatoms. The van der Waals surface area contributed by atoms with Crippen molar-refractivity contribution in [3.8, 4) is 0 Å². The van der Waals surface area contributed by atoms with Crippen LogP contribution in [-0.4, -0.2) is 53.3 Å². The van der Waals surface area contributed by atoms with Crippen molar-refractivity contribution < 1.29 is 20.1 Å². The second-order valence-corrected chi connectivity index (χ2v) is 5.61. The molecule has 1 rings (SSSR count). The molecule has 0 aromatic carbocycles. The summed E-state index contributed by atoms with van der Waals surface area (Å²) in [6.07, 6.45) is -0.0769. The van der Waals surface area contributed by atoms with Crippen LogP contribution in [0.25, 0.3) is 0 Å². The van der Waals surface area contributed by atoms with Crippen LogP contribution in [0.2, 0.25) is 0 Å². The zero-order valence-corrected chi connectivity index (χ0v) is 12.0. The number of aliphatic hydroxyl groups is 3. The van der Waals surface area contributed by atoms with Gasteiger partial charge in [-0.2, -0.15) is 0 Å². The summed E-state index contributed by atoms with van der Waals surface area (Å²) in [7, 11) is 0. The van der Waals surface area contributed by atoms with Crippen molar-refractivity contribution >= 4 is 11.3 Å². The number of ether oxygens (including phenoxy) is 1. The van der Waals surface area contributed by atoms with E-state index in [1.807, 2.05) is 24.4 Å². The molecule has 0 aliphatic carbocycles. The van der Waals surface area contributed by atoms with E-state index >= 15 is 0 Å². The first kappa shape index (κ1) is 16.6. The molecule has 1 unspecified atom stereocenters. The van der Waals surface area contributed by atoms with E-state index in [9.17, 15) is 15.3 Å². The van der Waals surface area contributed by atoms with Crippen LogP contribution in [-0.2, 0) is 11.3 Å². The van der Waals surface area contributed by atoms with Gasteiger partial charge in [0, 0.05) is 11.4 Å². The van der Waals surface area contributed by atoms with Crippen LogP contribution in [0.4, 0.5) is 0 Å². The maximum atomic E-state index is 9.78. The lowest BCUT2D eigenvalue weighted by molar-refractivity contribution is 0.0162. The molecule has 0 fully saturated rings. The number of rotatable bonds is 10. The maximum absolute atomic E-state index is 9.78. The zero-order valence-electron chi connectivity index (χ0n) is 11.2. The minimum Gasteiger partial charge on any atom is -0.394 e. The number of hydrogen-bond acceptors (Lipinski definition) is 6. The Kier molecular flexibility index (Phi) is 7.52. The van der Waals surface area contributed by atoms with Crippen LogP contribution in [0.5, 0.6) is 0 Å². The van der Waals surface area contributed by atoms with Crippen molar-refractivity contribution in [2.24, 2.45) is 0 Å². The second-order valence-electron chi connectivity index (χ2n) is 4.58. The fourth-order valence-corrected chi connectivity index (χ4v) is 2.23. The summed E-state index contributed by atoms with van der Waals surface area (Å²) >= 11 is 1.61. The van der Waals surface area contributed by atoms with Gasteiger partial charge in [0.2, 0.25) is 0 Å². The largest absolute Gasteiger partial charge is 0.394 e. The summed E-state index contributed by atoms with van der Waals surface area (Å²) in [6.45, 7) is 2.54. The van der Waals surface area contributed by atoms with Crippen LogP contribution < -0.4 is 5.32 Å². The molecule has 4 N–H and O–H groups in total. The average molecular weight is 289 g/mol. The van der Waals surface area contributed by atoms with E-state index in [0.717, 1.165) is 4.88 Å². The molecule has 0 aliphatic rings. The van der Waals surface area contributed by atoms with Gasteiger partial charge >= 0.3 is 0 Å². The molecule has 0 saturated heterocycles. The van der Waals surface area contributed by atoms with Crippen molar-refractivity contribution in [1.29, 1.82) is 0 Å². The highest BCUT2D eigenvalue weighted by atomic mass is 32.1. The monoisotopic (exact) mass is 289 g/mol. The molecule has 19 heavy (non-hydrogen) atoms. The van der Waals surface area contributed by atoms with E-state index in [1.54, 1.807) is 11.3 Å². The molecule has 0 aliphatic heterocycles. The van der Waals surface area contributed by atoms with E-state index < -0.39 is 11.6 Å². The topological polar surface area (TPSA) is 82.0 Å². The fraction of sp³-hybridized carbons (Fsp3) is 0.692. The van der Waals surface area contributed by atoms with Gasteiger partial charge in [-0.3, -0.25) is 0 Å². The van der Waals surface area contributed by atoms with Gasteiger partial charge < -0.3 is 25.4 Å². The Balaban J connectivity index is 2.21. The molecule has 0 spiro atoms. The summed E-state index contributed by atoms with van der Waals surface area (Å²) in [6, 6.07) is 3.94. The lowest BCUT2D eigenvalue weighted by Gasteiger charge is -2.30. The van der Waals surface area contributed by atoms with Crippen molar-refractivity contribution in [3.63, 3.8) is 0 Å². The average Bonchev–Trinajstić information content (AvgIpc) is 2.94. The number of β-amino-alcohol motifs (C(OH)–C–C–N with tert-alkyl or cyclic N) is 1. The van der Waals surface area contributed by atoms with E-state index in [1.165, 1.54) is 0 Å². The fourth-order valence-electron chi connectivity index (χ4n) is 1.59. The Morgan fingerprint density at radius 3 is 2.68 bits per heavy atom. The Labute approximate surface area is 117 Å². The summed E-state index contributed by atoms with van der Waals surface area (Å²) in [5.41, 5.74) is -0.727. The quantitative estimate of drug-likeness (QED) is 0.500. The molecule has 1 heterocycles. The number of aliphatic hydroxyl groups excluding tert-OH is 3. The van der Waals surface area contributed by atoms with E-state index in [0.29, 0.717) is 13.0 Å². The van der Waals surface area contributed by atoms with Gasteiger partial charge in [0.05, 0.1) is 38.1 Å². The molecule has 110 valence electrons. The van der Waals surface area contributed by atoms with Gasteiger partial charge in [-0.05, 0) is 17.9 Å². The summed E-state index contributed by atoms with van der Waals surface area (Å²) in [4.78, 5) is 1.12. The predicted molar refractivity (Wildman–Crippen MR) is 75.2 cm³/mol. The first-order valence-electron chi connectivity index (χ1n) is 6.40. The maximum Gasteiger partial charge on any atom is 0.0898 e. The number of nitrogens with one attached hydrogen (secondary N) is 1. The van der Waals surface area contributed by atoms with Gasteiger partial charge in [0.1, 0.15) is 0 Å². The van der Waals surface area contributed by atoms with Gasteiger partial charge in [-0.1, -0.05) is 13.0 Å².